The highest BCUT2D eigenvalue weighted by Crippen LogP contribution is 2.65. The van der Waals surface area contributed by atoms with Crippen LogP contribution in [0.25, 0.3) is 0 Å². The van der Waals surface area contributed by atoms with Gasteiger partial charge in [0.2, 0.25) is 0 Å². The van der Waals surface area contributed by atoms with Gasteiger partial charge < -0.3 is 5.32 Å². The second kappa shape index (κ2) is 6.35. The molecule has 2 aromatic rings. The van der Waals surface area contributed by atoms with Gasteiger partial charge in [0.25, 0.3) is 0 Å². The molecule has 136 valence electrons. The second-order valence-electron chi connectivity index (χ2n) is 9.21. The summed E-state index contributed by atoms with van der Waals surface area (Å²) in [6.45, 7) is 2.10. The molecule has 1 heterocycles. The fraction of sp³-hybridized carbons (Fsp3) is 0.522. The number of benzene rings is 1. The predicted octanol–water partition coefficient (Wildman–Crippen LogP) is 5.36. The molecule has 2 unspecified atom stereocenters. The monoisotopic (exact) mass is 366 g/mol. The molecule has 0 saturated heterocycles. The maximum Gasteiger partial charge on any atom is 0.0406 e. The van der Waals surface area contributed by atoms with Gasteiger partial charge >= 0.3 is 0 Å². The van der Waals surface area contributed by atoms with Crippen LogP contribution in [0.2, 0.25) is 5.02 Å². The molecular weight excluding hydrogens is 340 g/mol. The summed E-state index contributed by atoms with van der Waals surface area (Å²) in [6.07, 6.45) is 12.2. The molecule has 4 bridgehead atoms. The number of hydrogen-bond donors (Lipinski definition) is 1. The first-order valence-electron chi connectivity index (χ1n) is 10.0. The van der Waals surface area contributed by atoms with E-state index >= 15 is 0 Å². The quantitative estimate of drug-likeness (QED) is 0.770. The van der Waals surface area contributed by atoms with Crippen molar-refractivity contribution in [3.05, 3.63) is 64.9 Å². The molecule has 1 N–H and O–H groups in total. The summed E-state index contributed by atoms with van der Waals surface area (Å²) in [5, 5.41) is 4.64. The van der Waals surface area contributed by atoms with Gasteiger partial charge in [0.15, 0.2) is 0 Å². The fourth-order valence-electron chi connectivity index (χ4n) is 6.77. The Balaban J connectivity index is 1.35. The van der Waals surface area contributed by atoms with Crippen molar-refractivity contribution in [2.45, 2.75) is 50.5 Å². The Kier molecular flexibility index (Phi) is 4.10. The maximum absolute atomic E-state index is 6.16. The van der Waals surface area contributed by atoms with Crippen molar-refractivity contribution in [1.82, 2.24) is 10.3 Å². The molecule has 2 nitrogen and oxygen atoms in total. The minimum absolute atomic E-state index is 0.396. The first-order chi connectivity index (χ1) is 12.6. The van der Waals surface area contributed by atoms with E-state index in [9.17, 15) is 0 Å². The zero-order valence-electron chi connectivity index (χ0n) is 15.3. The lowest BCUT2D eigenvalue weighted by atomic mass is 9.43. The molecule has 0 aliphatic heterocycles. The van der Waals surface area contributed by atoms with E-state index in [0.717, 1.165) is 29.9 Å². The summed E-state index contributed by atoms with van der Waals surface area (Å²) >= 11 is 6.16. The molecule has 1 aromatic heterocycles. The first kappa shape index (κ1) is 16.8. The average molecular weight is 367 g/mol. The minimum atomic E-state index is 0.396. The number of hydrogen-bond acceptors (Lipinski definition) is 2. The summed E-state index contributed by atoms with van der Waals surface area (Å²) in [6, 6.07) is 13.0. The van der Waals surface area contributed by atoms with Crippen LogP contribution in [0.15, 0.2) is 48.8 Å². The van der Waals surface area contributed by atoms with E-state index < -0.39 is 0 Å². The molecule has 0 radical (unpaired) electrons. The van der Waals surface area contributed by atoms with Crippen LogP contribution in [0.4, 0.5) is 0 Å². The molecule has 6 rings (SSSR count). The van der Waals surface area contributed by atoms with Crippen LogP contribution in [-0.2, 0) is 12.0 Å². The maximum atomic E-state index is 6.16. The van der Waals surface area contributed by atoms with Gasteiger partial charge in [-0.3, -0.25) is 4.98 Å². The van der Waals surface area contributed by atoms with Crippen LogP contribution in [0.5, 0.6) is 0 Å². The molecule has 0 spiro atoms. The van der Waals surface area contributed by atoms with Crippen LogP contribution in [0.3, 0.4) is 0 Å². The van der Waals surface area contributed by atoms with Gasteiger partial charge in [-0.2, -0.15) is 0 Å². The summed E-state index contributed by atoms with van der Waals surface area (Å²) in [5.41, 5.74) is 3.75. The van der Waals surface area contributed by atoms with Crippen LogP contribution >= 0.6 is 11.6 Å². The third kappa shape index (κ3) is 2.97. The Morgan fingerprint density at radius 3 is 2.35 bits per heavy atom. The van der Waals surface area contributed by atoms with Gasteiger partial charge in [0.1, 0.15) is 0 Å². The van der Waals surface area contributed by atoms with Gasteiger partial charge in [0, 0.05) is 30.5 Å². The van der Waals surface area contributed by atoms with Gasteiger partial charge in [-0.15, -0.1) is 0 Å². The molecule has 4 fully saturated rings. The molecule has 26 heavy (non-hydrogen) atoms. The number of halogens is 1. The highest BCUT2D eigenvalue weighted by molar-refractivity contribution is 6.30. The van der Waals surface area contributed by atoms with Gasteiger partial charge in [-0.25, -0.2) is 0 Å². The van der Waals surface area contributed by atoms with E-state index in [2.05, 4.69) is 46.7 Å². The van der Waals surface area contributed by atoms with Gasteiger partial charge in [-0.05, 0) is 96.6 Å². The summed E-state index contributed by atoms with van der Waals surface area (Å²) in [7, 11) is 0. The molecule has 2 atom stereocenters. The zero-order valence-corrected chi connectivity index (χ0v) is 16.0. The average Bonchev–Trinajstić information content (AvgIpc) is 2.62. The number of nitrogens with zero attached hydrogens (tertiary/aromatic N) is 1. The predicted molar refractivity (Wildman–Crippen MR) is 106 cm³/mol. The molecule has 4 aliphatic carbocycles. The number of rotatable bonds is 5. The molecule has 1 aromatic carbocycles. The highest BCUT2D eigenvalue weighted by atomic mass is 35.5. The normalized spacial score (nSPS) is 35.0. The molecule has 4 aliphatic rings. The van der Waals surface area contributed by atoms with Crippen molar-refractivity contribution in [3.8, 4) is 0 Å². The summed E-state index contributed by atoms with van der Waals surface area (Å²) in [4.78, 5) is 4.12. The number of pyridine rings is 1. The Labute approximate surface area is 161 Å². The standard InChI is InChI=1S/C23H27ClN2/c24-21-3-1-20(2-4-21)23-12-18-9-19(13-23)11-22(10-18,15-23)16-26-14-17-5-7-25-8-6-17/h1-8,18-19,26H,9-16H2. The Morgan fingerprint density at radius 1 is 0.962 bits per heavy atom. The van der Waals surface area contributed by atoms with E-state index in [0.29, 0.717) is 10.8 Å². The number of aromatic nitrogens is 1. The van der Waals surface area contributed by atoms with Crippen LogP contribution in [0.1, 0.15) is 49.7 Å². The largest absolute Gasteiger partial charge is 0.312 e. The zero-order chi connectivity index (χ0) is 17.6. The van der Waals surface area contributed by atoms with Gasteiger partial charge in [-0.1, -0.05) is 23.7 Å². The topological polar surface area (TPSA) is 24.9 Å². The second-order valence-corrected chi connectivity index (χ2v) is 9.64. The van der Waals surface area contributed by atoms with Crippen molar-refractivity contribution in [2.75, 3.05) is 6.54 Å². The van der Waals surface area contributed by atoms with Crippen molar-refractivity contribution in [2.24, 2.45) is 17.3 Å². The lowest BCUT2D eigenvalue weighted by Gasteiger charge is -2.62. The third-order valence-corrected chi connectivity index (χ3v) is 7.47. The van der Waals surface area contributed by atoms with Crippen LogP contribution in [0, 0.1) is 17.3 Å². The Bertz CT molecular complexity index is 757. The SMILES string of the molecule is Clc1ccc(C23CC4CC(CC(CNCc5ccncc5)(C4)C2)C3)cc1. The van der Waals surface area contributed by atoms with E-state index in [4.69, 9.17) is 11.6 Å². The summed E-state index contributed by atoms with van der Waals surface area (Å²) in [5.74, 6) is 1.82. The minimum Gasteiger partial charge on any atom is -0.312 e. The van der Waals surface area contributed by atoms with Crippen LogP contribution in [-0.4, -0.2) is 11.5 Å². The molecule has 3 heteroatoms. The molecular formula is C23H27ClN2. The van der Waals surface area contributed by atoms with E-state index in [1.54, 1.807) is 0 Å². The highest BCUT2D eigenvalue weighted by Gasteiger charge is 2.57. The Hall–Kier alpha value is -1.38. The van der Waals surface area contributed by atoms with E-state index in [1.807, 2.05) is 12.4 Å². The van der Waals surface area contributed by atoms with Crippen molar-refractivity contribution >= 4 is 11.6 Å². The van der Waals surface area contributed by atoms with Crippen LogP contribution < -0.4 is 5.32 Å². The molecule has 4 saturated carbocycles. The van der Waals surface area contributed by atoms with Crippen molar-refractivity contribution < 1.29 is 0 Å². The number of nitrogens with one attached hydrogen (secondary N) is 1. The smallest absolute Gasteiger partial charge is 0.0406 e. The van der Waals surface area contributed by atoms with E-state index in [1.165, 1.54) is 49.7 Å². The fourth-order valence-corrected chi connectivity index (χ4v) is 6.90. The van der Waals surface area contributed by atoms with Crippen molar-refractivity contribution in [1.29, 1.82) is 0 Å². The lowest BCUT2D eigenvalue weighted by molar-refractivity contribution is -0.0708. The summed E-state index contributed by atoms with van der Waals surface area (Å²) < 4.78 is 0. The Morgan fingerprint density at radius 2 is 1.65 bits per heavy atom. The van der Waals surface area contributed by atoms with E-state index in [-0.39, 0.29) is 0 Å². The third-order valence-electron chi connectivity index (χ3n) is 7.22. The molecule has 0 amide bonds. The lowest BCUT2D eigenvalue weighted by Crippen LogP contribution is -2.56. The van der Waals surface area contributed by atoms with Crippen molar-refractivity contribution in [3.63, 3.8) is 0 Å². The van der Waals surface area contributed by atoms with Gasteiger partial charge in [0.05, 0.1) is 0 Å². The first-order valence-corrected chi connectivity index (χ1v) is 10.4.